The number of amides is 1. The maximum Gasteiger partial charge on any atom is 0.266 e. The average Bonchev–Trinajstić information content (AvgIpc) is 3.21. The molecule has 4 rings (SSSR count). The minimum Gasteiger partial charge on any atom is -0.484 e. The first-order chi connectivity index (χ1) is 15.0. The highest BCUT2D eigenvalue weighted by molar-refractivity contribution is 7.22. The number of ether oxygens (including phenoxy) is 2. The van der Waals surface area contributed by atoms with E-state index in [1.165, 1.54) is 41.2 Å². The van der Waals surface area contributed by atoms with Crippen molar-refractivity contribution in [3.63, 3.8) is 0 Å². The molecular weight excluding hydrogens is 417 g/mol. The second-order valence-electron chi connectivity index (χ2n) is 7.59. The largest absolute Gasteiger partial charge is 0.484 e. The first-order valence-corrected chi connectivity index (χ1v) is 11.2. The number of halogens is 1. The molecule has 1 saturated heterocycles. The molecule has 0 atom stereocenters. The van der Waals surface area contributed by atoms with Gasteiger partial charge in [0.15, 0.2) is 11.7 Å². The van der Waals surface area contributed by atoms with Gasteiger partial charge in [-0.25, -0.2) is 9.37 Å². The van der Waals surface area contributed by atoms with Gasteiger partial charge in [-0.05, 0) is 55.3 Å². The fraction of sp³-hybridized carbons (Fsp3) is 0.391. The molecule has 8 heteroatoms. The number of hydrogen-bond donors (Lipinski definition) is 0. The molecule has 1 aromatic heterocycles. The summed E-state index contributed by atoms with van der Waals surface area (Å²) >= 11 is 1.51. The molecule has 0 spiro atoms. The molecule has 1 amide bonds. The predicted molar refractivity (Wildman–Crippen MR) is 121 cm³/mol. The van der Waals surface area contributed by atoms with Crippen molar-refractivity contribution in [3.05, 3.63) is 53.3 Å². The van der Waals surface area contributed by atoms with Gasteiger partial charge in [0.1, 0.15) is 11.6 Å². The van der Waals surface area contributed by atoms with E-state index in [1.807, 2.05) is 0 Å². The molecule has 6 nitrogen and oxygen atoms in total. The van der Waals surface area contributed by atoms with Crippen molar-refractivity contribution in [1.82, 2.24) is 9.88 Å². The highest BCUT2D eigenvalue weighted by Gasteiger charge is 2.22. The summed E-state index contributed by atoms with van der Waals surface area (Å²) in [4.78, 5) is 21.9. The fourth-order valence-electron chi connectivity index (χ4n) is 3.48. The van der Waals surface area contributed by atoms with Gasteiger partial charge in [0.2, 0.25) is 0 Å². The molecule has 0 radical (unpaired) electrons. The van der Waals surface area contributed by atoms with Crippen LogP contribution in [0, 0.1) is 19.7 Å². The Morgan fingerprint density at radius 3 is 2.68 bits per heavy atom. The van der Waals surface area contributed by atoms with Gasteiger partial charge in [0.25, 0.3) is 5.91 Å². The minimum absolute atomic E-state index is 0.136. The Morgan fingerprint density at radius 2 is 1.94 bits per heavy atom. The standard InChI is InChI=1S/C23H26FN3O3S/c1-16-3-8-20-22(17(16)2)25-23(31-20)27(10-9-26-11-13-29-14-12-26)21(28)15-30-19-6-4-18(24)5-7-19/h3-8H,9-15H2,1-2H3. The van der Waals surface area contributed by atoms with Crippen molar-refractivity contribution in [3.8, 4) is 5.75 Å². The van der Waals surface area contributed by atoms with Crippen molar-refractivity contribution < 1.29 is 18.7 Å². The molecule has 3 aromatic rings. The van der Waals surface area contributed by atoms with E-state index < -0.39 is 0 Å². The van der Waals surface area contributed by atoms with Gasteiger partial charge in [-0.15, -0.1) is 0 Å². The zero-order valence-corrected chi connectivity index (χ0v) is 18.6. The zero-order chi connectivity index (χ0) is 21.8. The lowest BCUT2D eigenvalue weighted by Gasteiger charge is -2.29. The Morgan fingerprint density at radius 1 is 1.19 bits per heavy atom. The number of aryl methyl sites for hydroxylation is 2. The molecule has 0 unspecified atom stereocenters. The van der Waals surface area contributed by atoms with Crippen molar-refractivity contribution >= 4 is 32.6 Å². The third kappa shape index (κ3) is 5.20. The van der Waals surface area contributed by atoms with E-state index in [9.17, 15) is 9.18 Å². The number of fused-ring (bicyclic) bond motifs is 1. The molecule has 0 saturated carbocycles. The second-order valence-corrected chi connectivity index (χ2v) is 8.60. The molecule has 31 heavy (non-hydrogen) atoms. The molecule has 2 heterocycles. The van der Waals surface area contributed by atoms with Gasteiger partial charge in [-0.2, -0.15) is 0 Å². The Balaban J connectivity index is 1.53. The van der Waals surface area contributed by atoms with Crippen LogP contribution in [-0.2, 0) is 9.53 Å². The van der Waals surface area contributed by atoms with E-state index in [0.717, 1.165) is 35.4 Å². The van der Waals surface area contributed by atoms with Crippen LogP contribution in [0.15, 0.2) is 36.4 Å². The molecule has 0 bridgehead atoms. The van der Waals surface area contributed by atoms with Crippen molar-refractivity contribution in [1.29, 1.82) is 0 Å². The van der Waals surface area contributed by atoms with Crippen LogP contribution in [0.4, 0.5) is 9.52 Å². The summed E-state index contributed by atoms with van der Waals surface area (Å²) in [6.45, 7) is 8.36. The lowest BCUT2D eigenvalue weighted by atomic mass is 10.1. The molecule has 0 N–H and O–H groups in total. The van der Waals surface area contributed by atoms with Crippen LogP contribution in [0.25, 0.3) is 10.2 Å². The number of carbonyl (C=O) groups excluding carboxylic acids is 1. The van der Waals surface area contributed by atoms with Gasteiger partial charge in [-0.1, -0.05) is 17.4 Å². The summed E-state index contributed by atoms with van der Waals surface area (Å²) in [5.41, 5.74) is 3.24. The quantitative estimate of drug-likeness (QED) is 0.556. The van der Waals surface area contributed by atoms with E-state index in [1.54, 1.807) is 4.90 Å². The highest BCUT2D eigenvalue weighted by atomic mass is 32.1. The molecule has 0 aliphatic carbocycles. The van der Waals surface area contributed by atoms with Crippen LogP contribution >= 0.6 is 11.3 Å². The lowest BCUT2D eigenvalue weighted by molar-refractivity contribution is -0.120. The number of thiazole rings is 1. The molecule has 2 aromatic carbocycles. The molecule has 164 valence electrons. The Hall–Kier alpha value is -2.55. The molecule has 1 fully saturated rings. The number of aromatic nitrogens is 1. The topological polar surface area (TPSA) is 54.9 Å². The SMILES string of the molecule is Cc1ccc2sc(N(CCN3CCOCC3)C(=O)COc3ccc(F)cc3)nc2c1C. The number of anilines is 1. The van der Waals surface area contributed by atoms with Gasteiger partial charge < -0.3 is 9.47 Å². The van der Waals surface area contributed by atoms with Crippen molar-refractivity contribution in [2.24, 2.45) is 0 Å². The van der Waals surface area contributed by atoms with Crippen molar-refractivity contribution in [2.45, 2.75) is 13.8 Å². The number of carbonyl (C=O) groups is 1. The maximum atomic E-state index is 13.1. The monoisotopic (exact) mass is 443 g/mol. The van der Waals surface area contributed by atoms with E-state index in [2.05, 4.69) is 30.9 Å². The summed E-state index contributed by atoms with van der Waals surface area (Å²) < 4.78 is 25.2. The van der Waals surface area contributed by atoms with Crippen LogP contribution in [0.3, 0.4) is 0 Å². The van der Waals surface area contributed by atoms with E-state index in [4.69, 9.17) is 14.5 Å². The van der Waals surface area contributed by atoms with Crippen LogP contribution in [-0.4, -0.2) is 61.8 Å². The third-order valence-electron chi connectivity index (χ3n) is 5.52. The smallest absolute Gasteiger partial charge is 0.266 e. The summed E-state index contributed by atoms with van der Waals surface area (Å²) in [6.07, 6.45) is 0. The van der Waals surface area contributed by atoms with E-state index >= 15 is 0 Å². The van der Waals surface area contributed by atoms with Crippen LogP contribution in [0.5, 0.6) is 5.75 Å². The van der Waals surface area contributed by atoms with Gasteiger partial charge in [-0.3, -0.25) is 14.6 Å². The summed E-state index contributed by atoms with van der Waals surface area (Å²) in [5, 5.41) is 0.671. The summed E-state index contributed by atoms with van der Waals surface area (Å²) in [6, 6.07) is 9.80. The van der Waals surface area contributed by atoms with Gasteiger partial charge >= 0.3 is 0 Å². The second kappa shape index (κ2) is 9.72. The van der Waals surface area contributed by atoms with Gasteiger partial charge in [0.05, 0.1) is 23.4 Å². The lowest BCUT2D eigenvalue weighted by Crippen LogP contribution is -2.44. The highest BCUT2D eigenvalue weighted by Crippen LogP contribution is 2.32. The maximum absolute atomic E-state index is 13.1. The summed E-state index contributed by atoms with van der Waals surface area (Å²) in [5.74, 6) is -0.0596. The first kappa shape index (κ1) is 21.7. The van der Waals surface area contributed by atoms with Gasteiger partial charge in [0, 0.05) is 26.2 Å². The Bertz CT molecular complexity index is 1050. The first-order valence-electron chi connectivity index (χ1n) is 10.4. The van der Waals surface area contributed by atoms with Crippen molar-refractivity contribution in [2.75, 3.05) is 50.9 Å². The Labute approximate surface area is 185 Å². The number of rotatable bonds is 7. The zero-order valence-electron chi connectivity index (χ0n) is 17.8. The average molecular weight is 444 g/mol. The molecule has 1 aliphatic heterocycles. The number of benzene rings is 2. The van der Waals surface area contributed by atoms with E-state index in [0.29, 0.717) is 30.6 Å². The Kier molecular flexibility index (Phi) is 6.80. The van der Waals surface area contributed by atoms with Crippen LogP contribution < -0.4 is 9.64 Å². The van der Waals surface area contributed by atoms with Crippen LogP contribution in [0.1, 0.15) is 11.1 Å². The fourth-order valence-corrected chi connectivity index (χ4v) is 4.55. The number of nitrogens with zero attached hydrogens (tertiary/aromatic N) is 3. The third-order valence-corrected chi connectivity index (χ3v) is 6.57. The molecular formula is C23H26FN3O3S. The normalized spacial score (nSPS) is 14.7. The number of hydrogen-bond acceptors (Lipinski definition) is 6. The summed E-state index contributed by atoms with van der Waals surface area (Å²) in [7, 11) is 0. The predicted octanol–water partition coefficient (Wildman–Crippen LogP) is 3.80. The molecule has 1 aliphatic rings. The van der Waals surface area contributed by atoms with E-state index in [-0.39, 0.29) is 18.3 Å². The number of morpholine rings is 1. The van der Waals surface area contributed by atoms with Crippen LogP contribution in [0.2, 0.25) is 0 Å². The minimum atomic E-state index is -0.342.